The van der Waals surface area contributed by atoms with Gasteiger partial charge in [0.05, 0.1) is 0 Å². The first-order valence-electron chi connectivity index (χ1n) is 10.1. The minimum Gasteiger partial charge on any atom is -0.341 e. The maximum absolute atomic E-state index is 12.5. The van der Waals surface area contributed by atoms with Crippen molar-refractivity contribution >= 4 is 28.3 Å². The van der Waals surface area contributed by atoms with Crippen LogP contribution in [0.25, 0.3) is 10.6 Å². The molecule has 1 heterocycles. The summed E-state index contributed by atoms with van der Waals surface area (Å²) >= 11 is 1.29. The third-order valence-electron chi connectivity index (χ3n) is 4.73. The average Bonchev–Trinajstić information content (AvgIpc) is 3.21. The molecule has 0 saturated carbocycles. The Morgan fingerprint density at radius 1 is 1.03 bits per heavy atom. The minimum atomic E-state index is -0.705. The summed E-state index contributed by atoms with van der Waals surface area (Å²) in [5.41, 5.74) is 3.85. The molecule has 0 aliphatic rings. The number of unbranched alkanes of at least 4 members (excludes halogenated alkanes) is 1. The van der Waals surface area contributed by atoms with Crippen LogP contribution >= 0.6 is 11.3 Å². The maximum atomic E-state index is 12.5. The molecule has 0 aliphatic heterocycles. The van der Waals surface area contributed by atoms with Crippen molar-refractivity contribution in [1.29, 1.82) is 0 Å². The summed E-state index contributed by atoms with van der Waals surface area (Å²) in [4.78, 5) is 24.9. The van der Waals surface area contributed by atoms with Crippen molar-refractivity contribution in [1.82, 2.24) is 15.5 Å². The molecule has 3 rings (SSSR count). The van der Waals surface area contributed by atoms with Crippen LogP contribution in [-0.4, -0.2) is 28.1 Å². The van der Waals surface area contributed by atoms with E-state index in [9.17, 15) is 9.59 Å². The first-order valence-corrected chi connectivity index (χ1v) is 10.9. The van der Waals surface area contributed by atoms with Crippen molar-refractivity contribution in [3.8, 4) is 10.6 Å². The van der Waals surface area contributed by atoms with Crippen molar-refractivity contribution in [2.24, 2.45) is 0 Å². The molecule has 6 nitrogen and oxygen atoms in total. The second-order valence-corrected chi connectivity index (χ2v) is 8.24. The van der Waals surface area contributed by atoms with Crippen LogP contribution < -0.4 is 10.6 Å². The lowest BCUT2D eigenvalue weighted by Crippen LogP contribution is -2.41. The van der Waals surface area contributed by atoms with Gasteiger partial charge in [-0.2, -0.15) is 0 Å². The van der Waals surface area contributed by atoms with Gasteiger partial charge in [0.1, 0.15) is 11.0 Å². The summed E-state index contributed by atoms with van der Waals surface area (Å²) in [5, 5.41) is 14.7. The summed E-state index contributed by atoms with van der Waals surface area (Å²) in [6.45, 7) is 5.82. The molecular formula is C23H26N4O2S. The molecule has 30 heavy (non-hydrogen) atoms. The normalized spacial score (nSPS) is 11.7. The first-order chi connectivity index (χ1) is 14.5. The van der Waals surface area contributed by atoms with E-state index in [2.05, 4.69) is 27.8 Å². The molecule has 156 valence electrons. The van der Waals surface area contributed by atoms with E-state index >= 15 is 0 Å². The van der Waals surface area contributed by atoms with E-state index in [0.29, 0.717) is 10.7 Å². The molecule has 3 aromatic rings. The second-order valence-electron chi connectivity index (χ2n) is 7.26. The van der Waals surface area contributed by atoms with Crippen LogP contribution in [0, 0.1) is 6.92 Å². The smallest absolute Gasteiger partial charge is 0.251 e. The van der Waals surface area contributed by atoms with Crippen molar-refractivity contribution in [3.63, 3.8) is 0 Å². The number of amides is 2. The zero-order valence-electron chi connectivity index (χ0n) is 17.4. The van der Waals surface area contributed by atoms with E-state index in [1.54, 1.807) is 19.1 Å². The van der Waals surface area contributed by atoms with Gasteiger partial charge in [0.15, 0.2) is 0 Å². The van der Waals surface area contributed by atoms with Gasteiger partial charge in [0.2, 0.25) is 11.0 Å². The molecule has 1 atom stereocenters. The summed E-state index contributed by atoms with van der Waals surface area (Å²) < 4.78 is 0. The fraction of sp³-hybridized carbons (Fsp3) is 0.304. The predicted octanol–water partition coefficient (Wildman–Crippen LogP) is 4.61. The molecule has 0 fully saturated rings. The Labute approximate surface area is 180 Å². The van der Waals surface area contributed by atoms with E-state index in [-0.39, 0.29) is 11.8 Å². The number of nitrogens with zero attached hydrogens (tertiary/aromatic N) is 2. The maximum Gasteiger partial charge on any atom is 0.251 e. The molecule has 0 aliphatic carbocycles. The molecule has 0 bridgehead atoms. The van der Waals surface area contributed by atoms with Crippen LogP contribution in [0.5, 0.6) is 0 Å². The molecule has 0 radical (unpaired) electrons. The highest BCUT2D eigenvalue weighted by Crippen LogP contribution is 2.26. The number of benzene rings is 2. The van der Waals surface area contributed by atoms with Crippen molar-refractivity contribution in [2.75, 3.05) is 5.32 Å². The van der Waals surface area contributed by atoms with Gasteiger partial charge in [-0.15, -0.1) is 10.2 Å². The third kappa shape index (κ3) is 5.73. The van der Waals surface area contributed by atoms with E-state index in [0.717, 1.165) is 35.4 Å². The SMILES string of the molecule is CCCCc1ccc(C(=O)NC(C)C(=O)Nc2nnc(-c3ccc(C)cc3)s2)cc1. The summed E-state index contributed by atoms with van der Waals surface area (Å²) in [5.74, 6) is -0.619. The van der Waals surface area contributed by atoms with Gasteiger partial charge in [0.25, 0.3) is 5.91 Å². The van der Waals surface area contributed by atoms with Gasteiger partial charge < -0.3 is 5.32 Å². The van der Waals surface area contributed by atoms with E-state index in [1.165, 1.54) is 16.9 Å². The average molecular weight is 423 g/mol. The van der Waals surface area contributed by atoms with Crippen LogP contribution in [0.4, 0.5) is 5.13 Å². The van der Waals surface area contributed by atoms with E-state index < -0.39 is 6.04 Å². The third-order valence-corrected chi connectivity index (χ3v) is 5.62. The monoisotopic (exact) mass is 422 g/mol. The number of aryl methyl sites for hydroxylation is 2. The lowest BCUT2D eigenvalue weighted by Gasteiger charge is -2.13. The molecule has 2 N–H and O–H groups in total. The van der Waals surface area contributed by atoms with Crippen molar-refractivity contribution in [3.05, 3.63) is 65.2 Å². The highest BCUT2D eigenvalue weighted by Gasteiger charge is 2.18. The molecule has 7 heteroatoms. The number of nitrogens with one attached hydrogen (secondary N) is 2. The number of hydrogen-bond acceptors (Lipinski definition) is 5. The molecule has 2 aromatic carbocycles. The fourth-order valence-corrected chi connectivity index (χ4v) is 3.60. The Morgan fingerprint density at radius 2 is 1.73 bits per heavy atom. The Balaban J connectivity index is 1.55. The van der Waals surface area contributed by atoms with Gasteiger partial charge in [-0.05, 0) is 44.4 Å². The van der Waals surface area contributed by atoms with Crippen molar-refractivity contribution in [2.45, 2.75) is 46.1 Å². The largest absolute Gasteiger partial charge is 0.341 e. The Morgan fingerprint density at radius 3 is 2.40 bits per heavy atom. The van der Waals surface area contributed by atoms with Crippen molar-refractivity contribution < 1.29 is 9.59 Å². The Bertz CT molecular complexity index is 997. The lowest BCUT2D eigenvalue weighted by atomic mass is 10.1. The van der Waals surface area contributed by atoms with Crippen LogP contribution in [0.15, 0.2) is 48.5 Å². The van der Waals surface area contributed by atoms with E-state index in [4.69, 9.17) is 0 Å². The number of carbonyl (C=O) groups excluding carboxylic acids is 2. The number of anilines is 1. The standard InChI is InChI=1S/C23H26N4O2S/c1-4-5-6-17-9-13-18(14-10-17)21(29)24-16(3)20(28)25-23-27-26-22(30-23)19-11-7-15(2)8-12-19/h7-14,16H,4-6H2,1-3H3,(H,24,29)(H,25,27,28). The van der Waals surface area contributed by atoms with Crippen LogP contribution in [0.1, 0.15) is 48.2 Å². The van der Waals surface area contributed by atoms with Crippen LogP contribution in [0.2, 0.25) is 0 Å². The van der Waals surface area contributed by atoms with Gasteiger partial charge in [-0.3, -0.25) is 14.9 Å². The molecule has 0 spiro atoms. The molecule has 0 saturated heterocycles. The lowest BCUT2D eigenvalue weighted by molar-refractivity contribution is -0.117. The molecule has 1 aromatic heterocycles. The predicted molar refractivity (Wildman–Crippen MR) is 121 cm³/mol. The fourth-order valence-electron chi connectivity index (χ4n) is 2.85. The number of aromatic nitrogens is 2. The minimum absolute atomic E-state index is 0.280. The van der Waals surface area contributed by atoms with Crippen LogP contribution in [-0.2, 0) is 11.2 Å². The zero-order chi connectivity index (χ0) is 21.5. The molecule has 1 unspecified atom stereocenters. The van der Waals surface area contributed by atoms with Gasteiger partial charge in [-0.1, -0.05) is 66.6 Å². The zero-order valence-corrected chi connectivity index (χ0v) is 18.3. The second kappa shape index (κ2) is 10.1. The molecule has 2 amide bonds. The molecular weight excluding hydrogens is 396 g/mol. The summed E-state index contributed by atoms with van der Waals surface area (Å²) in [6, 6.07) is 14.8. The van der Waals surface area contributed by atoms with Gasteiger partial charge >= 0.3 is 0 Å². The summed E-state index contributed by atoms with van der Waals surface area (Å²) in [7, 11) is 0. The number of carbonyl (C=O) groups is 2. The first kappa shape index (κ1) is 21.6. The number of hydrogen-bond donors (Lipinski definition) is 2. The Kier molecular flexibility index (Phi) is 7.30. The van der Waals surface area contributed by atoms with Crippen LogP contribution in [0.3, 0.4) is 0 Å². The topological polar surface area (TPSA) is 84.0 Å². The Hall–Kier alpha value is -3.06. The number of rotatable bonds is 8. The quantitative estimate of drug-likeness (QED) is 0.555. The van der Waals surface area contributed by atoms with Gasteiger partial charge in [0, 0.05) is 11.1 Å². The highest BCUT2D eigenvalue weighted by molar-refractivity contribution is 7.18. The highest BCUT2D eigenvalue weighted by atomic mass is 32.1. The van der Waals surface area contributed by atoms with E-state index in [1.807, 2.05) is 43.3 Å². The van der Waals surface area contributed by atoms with Gasteiger partial charge in [-0.25, -0.2) is 0 Å². The summed E-state index contributed by atoms with van der Waals surface area (Å²) in [6.07, 6.45) is 3.26.